The van der Waals surface area contributed by atoms with E-state index >= 15 is 0 Å². The largest absolute Gasteiger partial charge is 0.319 e. The summed E-state index contributed by atoms with van der Waals surface area (Å²) in [5, 5.41) is 3.10. The third-order valence-corrected chi connectivity index (χ3v) is 2.62. The highest BCUT2D eigenvalue weighted by atomic mass is 35.5. The number of hydrogen-bond acceptors (Lipinski definition) is 2. The van der Waals surface area contributed by atoms with Crippen LogP contribution in [0, 0.1) is 12.7 Å². The van der Waals surface area contributed by atoms with Crippen molar-refractivity contribution in [1.29, 1.82) is 0 Å². The Labute approximate surface area is 89.1 Å². The van der Waals surface area contributed by atoms with E-state index < -0.39 is 0 Å². The minimum Gasteiger partial charge on any atom is -0.319 e. The van der Waals surface area contributed by atoms with E-state index in [4.69, 9.17) is 5.73 Å². The molecule has 78 valence electrons. The summed E-state index contributed by atoms with van der Waals surface area (Å²) in [6.07, 6.45) is 0. The van der Waals surface area contributed by atoms with Crippen molar-refractivity contribution in [3.05, 3.63) is 35.1 Å². The molecular weight excluding hydrogens is 203 g/mol. The van der Waals surface area contributed by atoms with Gasteiger partial charge in [-0.05, 0) is 30.2 Å². The van der Waals surface area contributed by atoms with Crippen LogP contribution in [0.1, 0.15) is 11.1 Å². The summed E-state index contributed by atoms with van der Waals surface area (Å²) in [5.41, 5.74) is 7.69. The maximum atomic E-state index is 13.0. The minimum atomic E-state index is -0.355. The van der Waals surface area contributed by atoms with Gasteiger partial charge in [-0.1, -0.05) is 6.07 Å². The second kappa shape index (κ2) is 3.85. The van der Waals surface area contributed by atoms with Crippen LogP contribution in [-0.4, -0.2) is 13.1 Å². The first-order valence-corrected chi connectivity index (χ1v) is 4.38. The molecule has 0 bridgehead atoms. The third kappa shape index (κ3) is 1.75. The molecule has 0 saturated carbocycles. The third-order valence-electron chi connectivity index (χ3n) is 2.62. The van der Waals surface area contributed by atoms with Crippen LogP contribution in [0.5, 0.6) is 0 Å². The van der Waals surface area contributed by atoms with Crippen molar-refractivity contribution in [2.24, 2.45) is 5.73 Å². The van der Waals surface area contributed by atoms with Gasteiger partial charge in [0.25, 0.3) is 0 Å². The van der Waals surface area contributed by atoms with E-state index in [1.807, 2.05) is 6.92 Å². The van der Waals surface area contributed by atoms with Crippen molar-refractivity contribution in [3.63, 3.8) is 0 Å². The van der Waals surface area contributed by atoms with Crippen molar-refractivity contribution in [2.45, 2.75) is 12.5 Å². The summed E-state index contributed by atoms with van der Waals surface area (Å²) < 4.78 is 13.0. The van der Waals surface area contributed by atoms with Gasteiger partial charge in [-0.25, -0.2) is 4.39 Å². The minimum absolute atomic E-state index is 0. The zero-order valence-corrected chi connectivity index (χ0v) is 8.83. The van der Waals surface area contributed by atoms with Crippen LogP contribution in [0.4, 0.5) is 4.39 Å². The number of hydrogen-bond donors (Lipinski definition) is 2. The first-order chi connectivity index (χ1) is 6.12. The van der Waals surface area contributed by atoms with Gasteiger partial charge in [-0.2, -0.15) is 0 Å². The lowest BCUT2D eigenvalue weighted by Crippen LogP contribution is -2.63. The standard InChI is InChI=1S/C10H13FN2.ClH/c1-7-2-3-8(11)4-9(7)10(12)5-13-6-10;/h2-4,13H,5-6,12H2,1H3;1H. The van der Waals surface area contributed by atoms with Crippen molar-refractivity contribution in [2.75, 3.05) is 13.1 Å². The summed E-state index contributed by atoms with van der Waals surface area (Å²) in [4.78, 5) is 0. The van der Waals surface area contributed by atoms with Crippen molar-refractivity contribution in [3.8, 4) is 0 Å². The van der Waals surface area contributed by atoms with Gasteiger partial charge in [0.15, 0.2) is 0 Å². The zero-order valence-electron chi connectivity index (χ0n) is 8.01. The van der Waals surface area contributed by atoms with Gasteiger partial charge < -0.3 is 11.1 Å². The van der Waals surface area contributed by atoms with Crippen LogP contribution in [-0.2, 0) is 5.54 Å². The van der Waals surface area contributed by atoms with Gasteiger partial charge >= 0.3 is 0 Å². The Balaban J connectivity index is 0.000000980. The molecule has 14 heavy (non-hydrogen) atoms. The lowest BCUT2D eigenvalue weighted by molar-refractivity contribution is 0.285. The van der Waals surface area contributed by atoms with Gasteiger partial charge in [0.05, 0.1) is 5.54 Å². The van der Waals surface area contributed by atoms with Gasteiger partial charge in [0.1, 0.15) is 5.82 Å². The average Bonchev–Trinajstić information content (AvgIpc) is 2.05. The first-order valence-electron chi connectivity index (χ1n) is 4.38. The lowest BCUT2D eigenvalue weighted by atomic mass is 9.83. The summed E-state index contributed by atoms with van der Waals surface area (Å²) in [7, 11) is 0. The van der Waals surface area contributed by atoms with Crippen molar-refractivity contribution in [1.82, 2.24) is 5.32 Å². The smallest absolute Gasteiger partial charge is 0.123 e. The maximum absolute atomic E-state index is 13.0. The highest BCUT2D eigenvalue weighted by Gasteiger charge is 2.35. The topological polar surface area (TPSA) is 38.0 Å². The van der Waals surface area contributed by atoms with E-state index in [0.29, 0.717) is 0 Å². The van der Waals surface area contributed by atoms with E-state index in [2.05, 4.69) is 5.32 Å². The highest BCUT2D eigenvalue weighted by molar-refractivity contribution is 5.85. The molecule has 2 rings (SSSR count). The molecule has 1 aliphatic rings. The van der Waals surface area contributed by atoms with Crippen molar-refractivity contribution < 1.29 is 4.39 Å². The van der Waals surface area contributed by atoms with Gasteiger partial charge in [0, 0.05) is 13.1 Å². The monoisotopic (exact) mass is 216 g/mol. The van der Waals surface area contributed by atoms with E-state index in [0.717, 1.165) is 24.2 Å². The molecule has 2 nitrogen and oxygen atoms in total. The van der Waals surface area contributed by atoms with Crippen LogP contribution >= 0.6 is 12.4 Å². The molecule has 1 aromatic carbocycles. The van der Waals surface area contributed by atoms with Gasteiger partial charge in [0.2, 0.25) is 0 Å². The predicted molar refractivity (Wildman–Crippen MR) is 57.1 cm³/mol. The molecule has 0 aliphatic carbocycles. The molecule has 0 aromatic heterocycles. The van der Waals surface area contributed by atoms with E-state index in [-0.39, 0.29) is 23.8 Å². The number of benzene rings is 1. The molecular formula is C10H14ClFN2. The normalized spacial score (nSPS) is 18.2. The Morgan fingerprint density at radius 2 is 2.07 bits per heavy atom. The molecule has 1 aromatic rings. The Kier molecular flexibility index (Phi) is 3.14. The maximum Gasteiger partial charge on any atom is 0.123 e. The molecule has 1 saturated heterocycles. The Morgan fingerprint density at radius 3 is 2.57 bits per heavy atom. The first kappa shape index (κ1) is 11.4. The molecule has 0 atom stereocenters. The number of rotatable bonds is 1. The molecule has 0 radical (unpaired) electrons. The quantitative estimate of drug-likeness (QED) is 0.743. The molecule has 1 aliphatic heterocycles. The SMILES string of the molecule is Cc1ccc(F)cc1C1(N)CNC1.Cl. The second-order valence-electron chi connectivity index (χ2n) is 3.72. The zero-order chi connectivity index (χ0) is 9.47. The van der Waals surface area contributed by atoms with E-state index in [9.17, 15) is 4.39 Å². The summed E-state index contributed by atoms with van der Waals surface area (Å²) >= 11 is 0. The summed E-state index contributed by atoms with van der Waals surface area (Å²) in [5.74, 6) is -0.211. The molecule has 0 spiro atoms. The van der Waals surface area contributed by atoms with E-state index in [1.165, 1.54) is 12.1 Å². The number of nitrogens with one attached hydrogen (secondary N) is 1. The fourth-order valence-corrected chi connectivity index (χ4v) is 1.72. The molecule has 1 heterocycles. The fourth-order valence-electron chi connectivity index (χ4n) is 1.72. The lowest BCUT2D eigenvalue weighted by Gasteiger charge is -2.40. The predicted octanol–water partition coefficient (Wildman–Crippen LogP) is 1.31. The molecule has 3 N–H and O–H groups in total. The van der Waals surface area contributed by atoms with E-state index in [1.54, 1.807) is 6.07 Å². The van der Waals surface area contributed by atoms with Crippen LogP contribution in [0.15, 0.2) is 18.2 Å². The Morgan fingerprint density at radius 1 is 1.43 bits per heavy atom. The Hall–Kier alpha value is -0.640. The van der Waals surface area contributed by atoms with Gasteiger partial charge in [-0.3, -0.25) is 0 Å². The second-order valence-corrected chi connectivity index (χ2v) is 3.72. The molecule has 4 heteroatoms. The number of aryl methyl sites for hydroxylation is 1. The number of nitrogens with two attached hydrogens (primary N) is 1. The fraction of sp³-hybridized carbons (Fsp3) is 0.400. The molecule has 1 fully saturated rings. The van der Waals surface area contributed by atoms with Gasteiger partial charge in [-0.15, -0.1) is 12.4 Å². The molecule has 0 amide bonds. The van der Waals surface area contributed by atoms with Crippen LogP contribution in [0.3, 0.4) is 0 Å². The van der Waals surface area contributed by atoms with Crippen molar-refractivity contribution >= 4 is 12.4 Å². The highest BCUT2D eigenvalue weighted by Crippen LogP contribution is 2.26. The van der Waals surface area contributed by atoms with Crippen LogP contribution in [0.2, 0.25) is 0 Å². The average molecular weight is 217 g/mol. The summed E-state index contributed by atoms with van der Waals surface area (Å²) in [6.45, 7) is 3.43. The van der Waals surface area contributed by atoms with Crippen LogP contribution < -0.4 is 11.1 Å². The summed E-state index contributed by atoms with van der Waals surface area (Å²) in [6, 6.07) is 4.78. The number of halogens is 2. The molecule has 0 unspecified atom stereocenters. The Bertz CT molecular complexity index is 337. The van der Waals surface area contributed by atoms with Crippen LogP contribution in [0.25, 0.3) is 0 Å².